The second kappa shape index (κ2) is 6.98. The zero-order chi connectivity index (χ0) is 13.7. The molecule has 0 spiro atoms. The second-order valence-corrected chi connectivity index (χ2v) is 6.08. The van der Waals surface area contributed by atoms with Crippen LogP contribution in [0.5, 0.6) is 0 Å². The zero-order valence-electron chi connectivity index (χ0n) is 10.7. The summed E-state index contributed by atoms with van der Waals surface area (Å²) in [7, 11) is 0. The van der Waals surface area contributed by atoms with E-state index >= 15 is 0 Å². The molecular formula is C13H16BrN3OS. The molecule has 2 aromatic heterocycles. The number of rotatable bonds is 6. The van der Waals surface area contributed by atoms with E-state index in [1.165, 1.54) is 4.88 Å². The summed E-state index contributed by atoms with van der Waals surface area (Å²) in [5.41, 5.74) is -0.0208. The number of halogens is 1. The van der Waals surface area contributed by atoms with E-state index in [9.17, 15) is 4.79 Å². The van der Waals surface area contributed by atoms with E-state index in [2.05, 4.69) is 43.7 Å². The Hall–Kier alpha value is -0.980. The van der Waals surface area contributed by atoms with Crippen LogP contribution in [0.4, 0.5) is 0 Å². The Labute approximate surface area is 124 Å². The molecular weight excluding hydrogens is 326 g/mol. The van der Waals surface area contributed by atoms with Crippen LogP contribution in [0.15, 0.2) is 33.0 Å². The number of aryl methyl sites for hydroxylation is 1. The molecule has 1 N–H and O–H groups in total. The minimum absolute atomic E-state index is 0.0208. The third kappa shape index (κ3) is 3.99. The fourth-order valence-electron chi connectivity index (χ4n) is 1.80. The van der Waals surface area contributed by atoms with E-state index < -0.39 is 0 Å². The van der Waals surface area contributed by atoms with E-state index in [0.717, 1.165) is 25.3 Å². The Balaban J connectivity index is 1.80. The van der Waals surface area contributed by atoms with Gasteiger partial charge in [0.25, 0.3) is 5.56 Å². The summed E-state index contributed by atoms with van der Waals surface area (Å²) in [5.74, 6) is 0.744. The van der Waals surface area contributed by atoms with Gasteiger partial charge in [-0.3, -0.25) is 9.36 Å². The number of nitrogens with one attached hydrogen (secondary N) is 1. The van der Waals surface area contributed by atoms with Gasteiger partial charge in [-0.1, -0.05) is 6.07 Å². The maximum Gasteiger partial charge on any atom is 0.267 e. The summed E-state index contributed by atoms with van der Waals surface area (Å²) in [6.45, 7) is 4.18. The summed E-state index contributed by atoms with van der Waals surface area (Å²) < 4.78 is 2.19. The highest BCUT2D eigenvalue weighted by atomic mass is 79.9. The van der Waals surface area contributed by atoms with Gasteiger partial charge in [-0.05, 0) is 40.7 Å². The first kappa shape index (κ1) is 14.4. The van der Waals surface area contributed by atoms with Gasteiger partial charge in [0.15, 0.2) is 0 Å². The van der Waals surface area contributed by atoms with Crippen LogP contribution in [-0.2, 0) is 13.0 Å². The highest BCUT2D eigenvalue weighted by Crippen LogP contribution is 2.08. The molecule has 0 radical (unpaired) electrons. The van der Waals surface area contributed by atoms with Crippen molar-refractivity contribution >= 4 is 27.3 Å². The summed E-state index contributed by atoms with van der Waals surface area (Å²) >= 11 is 4.99. The summed E-state index contributed by atoms with van der Waals surface area (Å²) in [6.07, 6.45) is 2.58. The summed E-state index contributed by atoms with van der Waals surface area (Å²) in [6, 6.07) is 4.20. The molecule has 4 nitrogen and oxygen atoms in total. The Morgan fingerprint density at radius 2 is 2.32 bits per heavy atom. The van der Waals surface area contributed by atoms with Gasteiger partial charge >= 0.3 is 0 Å². The van der Waals surface area contributed by atoms with Crippen LogP contribution >= 0.6 is 27.3 Å². The van der Waals surface area contributed by atoms with Crippen molar-refractivity contribution in [3.8, 4) is 0 Å². The van der Waals surface area contributed by atoms with Crippen LogP contribution in [-0.4, -0.2) is 22.6 Å². The van der Waals surface area contributed by atoms with Gasteiger partial charge < -0.3 is 5.32 Å². The molecule has 2 rings (SSSR count). The highest BCUT2D eigenvalue weighted by molar-refractivity contribution is 9.10. The molecule has 0 fully saturated rings. The Morgan fingerprint density at radius 3 is 3.05 bits per heavy atom. The second-order valence-electron chi connectivity index (χ2n) is 4.19. The van der Waals surface area contributed by atoms with E-state index in [1.807, 2.05) is 6.92 Å². The first-order valence-electron chi connectivity index (χ1n) is 6.13. The van der Waals surface area contributed by atoms with Crippen LogP contribution in [0.1, 0.15) is 10.7 Å². The molecule has 0 aromatic carbocycles. The van der Waals surface area contributed by atoms with Crippen molar-refractivity contribution in [3.63, 3.8) is 0 Å². The van der Waals surface area contributed by atoms with Gasteiger partial charge in [-0.2, -0.15) is 0 Å². The van der Waals surface area contributed by atoms with Gasteiger partial charge in [-0.25, -0.2) is 4.98 Å². The number of hydrogen-bond acceptors (Lipinski definition) is 4. The van der Waals surface area contributed by atoms with Gasteiger partial charge in [0, 0.05) is 30.7 Å². The predicted octanol–water partition coefficient (Wildman–Crippen LogP) is 2.21. The molecule has 0 aliphatic heterocycles. The maximum atomic E-state index is 11.9. The minimum atomic E-state index is -0.0208. The van der Waals surface area contributed by atoms with Crippen molar-refractivity contribution < 1.29 is 0 Å². The van der Waals surface area contributed by atoms with Crippen LogP contribution < -0.4 is 10.9 Å². The van der Waals surface area contributed by atoms with Gasteiger partial charge in [0.05, 0.1) is 0 Å². The zero-order valence-corrected chi connectivity index (χ0v) is 13.1. The molecule has 0 aliphatic carbocycles. The van der Waals surface area contributed by atoms with E-state index in [0.29, 0.717) is 11.0 Å². The van der Waals surface area contributed by atoms with Crippen LogP contribution in [0.25, 0.3) is 0 Å². The quantitative estimate of drug-likeness (QED) is 0.819. The third-order valence-corrected chi connectivity index (χ3v) is 4.33. The molecule has 102 valence electrons. The molecule has 2 aromatic rings. The minimum Gasteiger partial charge on any atom is -0.315 e. The van der Waals surface area contributed by atoms with Gasteiger partial charge in [0.1, 0.15) is 10.3 Å². The number of hydrogen-bond donors (Lipinski definition) is 1. The average molecular weight is 342 g/mol. The molecule has 0 unspecified atom stereocenters. The molecule has 19 heavy (non-hydrogen) atoms. The lowest BCUT2D eigenvalue weighted by molar-refractivity contribution is 0.566. The lowest BCUT2D eigenvalue weighted by Gasteiger charge is -2.10. The SMILES string of the molecule is Cc1ncc(Br)c(=O)n1CCNCCc1cccs1. The van der Waals surface area contributed by atoms with E-state index in [-0.39, 0.29) is 5.56 Å². The van der Waals surface area contributed by atoms with E-state index in [4.69, 9.17) is 0 Å². The highest BCUT2D eigenvalue weighted by Gasteiger charge is 2.04. The largest absolute Gasteiger partial charge is 0.315 e. The van der Waals surface area contributed by atoms with Crippen molar-refractivity contribution in [1.29, 1.82) is 0 Å². The summed E-state index contributed by atoms with van der Waals surface area (Å²) in [5, 5.41) is 5.44. The topological polar surface area (TPSA) is 46.9 Å². The van der Waals surface area contributed by atoms with Gasteiger partial charge in [-0.15, -0.1) is 11.3 Å². The molecule has 0 bridgehead atoms. The molecule has 0 atom stereocenters. The third-order valence-electron chi connectivity index (χ3n) is 2.85. The van der Waals surface area contributed by atoms with Crippen molar-refractivity contribution in [2.75, 3.05) is 13.1 Å². The lowest BCUT2D eigenvalue weighted by Crippen LogP contribution is -2.30. The number of nitrogens with zero attached hydrogens (tertiary/aromatic N) is 2. The molecule has 0 saturated heterocycles. The predicted molar refractivity (Wildman–Crippen MR) is 81.8 cm³/mol. The number of aromatic nitrogens is 2. The first-order chi connectivity index (χ1) is 9.18. The summed E-state index contributed by atoms with van der Waals surface area (Å²) in [4.78, 5) is 17.4. The normalized spacial score (nSPS) is 10.8. The number of thiophene rings is 1. The lowest BCUT2D eigenvalue weighted by atomic mass is 10.3. The van der Waals surface area contributed by atoms with Crippen LogP contribution in [0, 0.1) is 6.92 Å². The molecule has 6 heteroatoms. The average Bonchev–Trinajstić information content (AvgIpc) is 2.90. The standard InChI is InChI=1S/C13H16BrN3OS/c1-10-16-9-12(14)13(18)17(10)7-6-15-5-4-11-3-2-8-19-11/h2-3,8-9,15H,4-7H2,1H3. The Bertz CT molecular complexity index is 580. The fourth-order valence-corrected chi connectivity index (χ4v) is 2.82. The Kier molecular flexibility index (Phi) is 5.30. The Morgan fingerprint density at radius 1 is 1.47 bits per heavy atom. The molecule has 0 aliphatic rings. The molecule has 0 saturated carbocycles. The maximum absolute atomic E-state index is 11.9. The van der Waals surface area contributed by atoms with Crippen LogP contribution in [0.3, 0.4) is 0 Å². The fraction of sp³-hybridized carbons (Fsp3) is 0.385. The van der Waals surface area contributed by atoms with Crippen molar-refractivity contribution in [2.24, 2.45) is 0 Å². The van der Waals surface area contributed by atoms with Crippen molar-refractivity contribution in [3.05, 3.63) is 49.2 Å². The van der Waals surface area contributed by atoms with Crippen LogP contribution in [0.2, 0.25) is 0 Å². The first-order valence-corrected chi connectivity index (χ1v) is 7.81. The monoisotopic (exact) mass is 341 g/mol. The van der Waals surface area contributed by atoms with Crippen molar-refractivity contribution in [1.82, 2.24) is 14.9 Å². The smallest absolute Gasteiger partial charge is 0.267 e. The van der Waals surface area contributed by atoms with Crippen molar-refractivity contribution in [2.45, 2.75) is 19.9 Å². The van der Waals surface area contributed by atoms with Gasteiger partial charge in [0.2, 0.25) is 0 Å². The molecule has 2 heterocycles. The van der Waals surface area contributed by atoms with E-state index in [1.54, 1.807) is 22.1 Å². The molecule has 0 amide bonds.